The van der Waals surface area contributed by atoms with Gasteiger partial charge in [-0.05, 0) is 42.3 Å². The van der Waals surface area contributed by atoms with E-state index in [2.05, 4.69) is 10.3 Å². The van der Waals surface area contributed by atoms with Crippen molar-refractivity contribution in [3.8, 4) is 11.6 Å². The Hall–Kier alpha value is -3.87. The number of carbonyl (C=O) groups excluding carboxylic acids is 2. The van der Waals surface area contributed by atoms with E-state index < -0.39 is 0 Å². The highest BCUT2D eigenvalue weighted by molar-refractivity contribution is 5.95. The van der Waals surface area contributed by atoms with E-state index in [1.165, 1.54) is 0 Å². The van der Waals surface area contributed by atoms with E-state index in [9.17, 15) is 9.59 Å². The highest BCUT2D eigenvalue weighted by Gasteiger charge is 2.21. The Morgan fingerprint density at radius 1 is 1.00 bits per heavy atom. The summed E-state index contributed by atoms with van der Waals surface area (Å²) in [6, 6.07) is 20.4. The summed E-state index contributed by atoms with van der Waals surface area (Å²) in [6.07, 6.45) is 3.01. The topological polar surface area (TPSA) is 80.8 Å². The minimum absolute atomic E-state index is 0.131. The number of carbonyl (C=O) groups is 2. The number of nitrogens with one attached hydrogen (secondary N) is 1. The first kappa shape index (κ1) is 20.4. The molecule has 0 aliphatic carbocycles. The van der Waals surface area contributed by atoms with Crippen LogP contribution >= 0.6 is 0 Å². The third-order valence-electron chi connectivity index (χ3n) is 4.84. The molecule has 2 heterocycles. The van der Waals surface area contributed by atoms with Crippen molar-refractivity contribution in [3.05, 3.63) is 78.5 Å². The van der Waals surface area contributed by atoms with Gasteiger partial charge in [-0.3, -0.25) is 9.59 Å². The monoisotopic (exact) mass is 417 g/mol. The summed E-state index contributed by atoms with van der Waals surface area (Å²) in [5.74, 6) is 0.889. The van der Waals surface area contributed by atoms with Crippen molar-refractivity contribution < 1.29 is 19.1 Å². The molecule has 1 fully saturated rings. The molecular weight excluding hydrogens is 394 g/mol. The molecule has 1 aromatic heterocycles. The lowest BCUT2D eigenvalue weighted by molar-refractivity contribution is -0.118. The molecule has 3 aromatic rings. The van der Waals surface area contributed by atoms with Gasteiger partial charge in [0.15, 0.2) is 6.61 Å². The van der Waals surface area contributed by atoms with Crippen LogP contribution in [0.3, 0.4) is 0 Å². The number of hydrogen-bond donors (Lipinski definition) is 1. The number of benzene rings is 2. The second kappa shape index (κ2) is 9.75. The number of rotatable bonds is 8. The standard InChI is InChI=1S/C24H23N3O4/c28-22(17-30-21-11-9-20(10-12-21)27-14-4-7-24(27)29)26-19-8-13-23(25-15-19)31-16-18-5-2-1-3-6-18/h1-3,5-6,8-13,15H,4,7,14,16-17H2,(H,26,28). The van der Waals surface area contributed by atoms with Gasteiger partial charge in [0.05, 0.1) is 11.9 Å². The maximum absolute atomic E-state index is 12.2. The van der Waals surface area contributed by atoms with Crippen LogP contribution in [0.2, 0.25) is 0 Å². The Labute approximate surface area is 180 Å². The number of aromatic nitrogens is 1. The molecule has 4 rings (SSSR count). The number of nitrogens with zero attached hydrogens (tertiary/aromatic N) is 2. The largest absolute Gasteiger partial charge is 0.484 e. The van der Waals surface area contributed by atoms with Crippen molar-refractivity contribution in [1.29, 1.82) is 0 Å². The first-order valence-corrected chi connectivity index (χ1v) is 10.1. The third kappa shape index (κ3) is 5.60. The lowest BCUT2D eigenvalue weighted by atomic mass is 10.2. The summed E-state index contributed by atoms with van der Waals surface area (Å²) in [5.41, 5.74) is 2.46. The number of hydrogen-bond acceptors (Lipinski definition) is 5. The van der Waals surface area contributed by atoms with Gasteiger partial charge >= 0.3 is 0 Å². The normalized spacial score (nSPS) is 13.2. The summed E-state index contributed by atoms with van der Waals surface area (Å²) in [7, 11) is 0. The van der Waals surface area contributed by atoms with E-state index >= 15 is 0 Å². The summed E-state index contributed by atoms with van der Waals surface area (Å²) < 4.78 is 11.2. The number of pyridine rings is 1. The van der Waals surface area contributed by atoms with Gasteiger partial charge in [-0.15, -0.1) is 0 Å². The molecule has 1 aliphatic rings. The molecular formula is C24H23N3O4. The molecule has 2 aromatic carbocycles. The van der Waals surface area contributed by atoms with Gasteiger partial charge in [-0.2, -0.15) is 0 Å². The summed E-state index contributed by atoms with van der Waals surface area (Å²) in [5, 5.41) is 2.74. The van der Waals surface area contributed by atoms with Crippen LogP contribution in [0.5, 0.6) is 11.6 Å². The molecule has 1 saturated heterocycles. The molecule has 31 heavy (non-hydrogen) atoms. The molecule has 0 spiro atoms. The predicted octanol–water partition coefficient (Wildman–Crippen LogP) is 3.80. The molecule has 0 atom stereocenters. The fourth-order valence-corrected chi connectivity index (χ4v) is 3.26. The van der Waals surface area contributed by atoms with Crippen LogP contribution in [0.4, 0.5) is 11.4 Å². The van der Waals surface area contributed by atoms with Crippen LogP contribution in [-0.4, -0.2) is 29.9 Å². The van der Waals surface area contributed by atoms with E-state index in [0.29, 0.717) is 30.3 Å². The fraction of sp³-hybridized carbons (Fsp3) is 0.208. The summed E-state index contributed by atoms with van der Waals surface area (Å²) >= 11 is 0. The number of amides is 2. The number of ether oxygens (including phenoxy) is 2. The third-order valence-corrected chi connectivity index (χ3v) is 4.84. The molecule has 158 valence electrons. The van der Waals surface area contributed by atoms with E-state index in [1.807, 2.05) is 42.5 Å². The lowest BCUT2D eigenvalue weighted by Gasteiger charge is -2.16. The molecule has 0 saturated carbocycles. The first-order chi connectivity index (χ1) is 15.2. The Kier molecular flexibility index (Phi) is 6.42. The van der Waals surface area contributed by atoms with Crippen LogP contribution in [0.25, 0.3) is 0 Å². The molecule has 1 aliphatic heterocycles. The second-order valence-electron chi connectivity index (χ2n) is 7.14. The second-order valence-corrected chi connectivity index (χ2v) is 7.14. The fourth-order valence-electron chi connectivity index (χ4n) is 3.26. The first-order valence-electron chi connectivity index (χ1n) is 10.1. The van der Waals surface area contributed by atoms with Gasteiger partial charge in [0.2, 0.25) is 11.8 Å². The van der Waals surface area contributed by atoms with E-state index in [0.717, 1.165) is 24.2 Å². The molecule has 0 unspecified atom stereocenters. The molecule has 0 bridgehead atoms. The molecule has 7 nitrogen and oxygen atoms in total. The van der Waals surface area contributed by atoms with E-state index in [1.54, 1.807) is 35.4 Å². The van der Waals surface area contributed by atoms with Gasteiger partial charge in [0.25, 0.3) is 5.91 Å². The van der Waals surface area contributed by atoms with Crippen molar-refractivity contribution in [2.24, 2.45) is 0 Å². The maximum Gasteiger partial charge on any atom is 0.262 e. The number of anilines is 2. The van der Waals surface area contributed by atoms with Crippen LogP contribution < -0.4 is 19.7 Å². The van der Waals surface area contributed by atoms with E-state index in [4.69, 9.17) is 9.47 Å². The Morgan fingerprint density at radius 2 is 1.81 bits per heavy atom. The van der Waals surface area contributed by atoms with Crippen LogP contribution in [-0.2, 0) is 16.2 Å². The zero-order chi connectivity index (χ0) is 21.5. The van der Waals surface area contributed by atoms with Crippen LogP contribution in [0.15, 0.2) is 72.9 Å². The van der Waals surface area contributed by atoms with Gasteiger partial charge in [-0.1, -0.05) is 30.3 Å². The molecule has 0 radical (unpaired) electrons. The smallest absolute Gasteiger partial charge is 0.262 e. The Bertz CT molecular complexity index is 1020. The van der Waals surface area contributed by atoms with Crippen molar-refractivity contribution in [1.82, 2.24) is 4.98 Å². The highest BCUT2D eigenvalue weighted by atomic mass is 16.5. The predicted molar refractivity (Wildman–Crippen MR) is 117 cm³/mol. The SMILES string of the molecule is O=C(COc1ccc(N2CCCC2=O)cc1)Nc1ccc(OCc2ccccc2)nc1. The van der Waals surface area contributed by atoms with Crippen molar-refractivity contribution in [2.75, 3.05) is 23.4 Å². The van der Waals surface area contributed by atoms with Crippen molar-refractivity contribution >= 4 is 23.2 Å². The quantitative estimate of drug-likeness (QED) is 0.603. The van der Waals surface area contributed by atoms with Crippen LogP contribution in [0, 0.1) is 0 Å². The van der Waals surface area contributed by atoms with Gasteiger partial charge in [0.1, 0.15) is 12.4 Å². The van der Waals surface area contributed by atoms with Crippen LogP contribution in [0.1, 0.15) is 18.4 Å². The van der Waals surface area contributed by atoms with Gasteiger partial charge < -0.3 is 19.7 Å². The summed E-state index contributed by atoms with van der Waals surface area (Å²) in [4.78, 5) is 29.9. The zero-order valence-corrected chi connectivity index (χ0v) is 17.0. The van der Waals surface area contributed by atoms with Gasteiger partial charge in [0, 0.05) is 24.7 Å². The zero-order valence-electron chi connectivity index (χ0n) is 17.0. The van der Waals surface area contributed by atoms with Crippen molar-refractivity contribution in [3.63, 3.8) is 0 Å². The average molecular weight is 417 g/mol. The molecule has 1 N–H and O–H groups in total. The average Bonchev–Trinajstić information content (AvgIpc) is 3.24. The maximum atomic E-state index is 12.2. The Morgan fingerprint density at radius 3 is 2.48 bits per heavy atom. The Balaban J connectivity index is 1.22. The molecule has 2 amide bonds. The van der Waals surface area contributed by atoms with E-state index in [-0.39, 0.29) is 18.4 Å². The van der Waals surface area contributed by atoms with Crippen molar-refractivity contribution in [2.45, 2.75) is 19.4 Å². The van der Waals surface area contributed by atoms with Gasteiger partial charge in [-0.25, -0.2) is 4.98 Å². The lowest BCUT2D eigenvalue weighted by Crippen LogP contribution is -2.23. The highest BCUT2D eigenvalue weighted by Crippen LogP contribution is 2.24. The minimum atomic E-state index is -0.293. The minimum Gasteiger partial charge on any atom is -0.484 e. The molecule has 7 heteroatoms. The summed E-state index contributed by atoms with van der Waals surface area (Å²) in [6.45, 7) is 1.04.